The highest BCUT2D eigenvalue weighted by molar-refractivity contribution is 5.73. The zero-order valence-corrected chi connectivity index (χ0v) is 26.8. The van der Waals surface area contributed by atoms with Crippen molar-refractivity contribution in [3.63, 3.8) is 0 Å². The molecule has 0 aliphatic heterocycles. The van der Waals surface area contributed by atoms with Gasteiger partial charge in [0.05, 0.1) is 92.5 Å². The number of carbonyl (C=O) groups excluding carboxylic acids is 1. The van der Waals surface area contributed by atoms with Crippen molar-refractivity contribution in [1.82, 2.24) is 0 Å². The Bertz CT molecular complexity index is 504. The van der Waals surface area contributed by atoms with E-state index in [4.69, 9.17) is 44.4 Å². The Morgan fingerprint density at radius 1 is 0.500 bits per heavy atom. The highest BCUT2D eigenvalue weighted by Crippen LogP contribution is 2.09. The lowest BCUT2D eigenvalue weighted by Gasteiger charge is -2.07. The van der Waals surface area contributed by atoms with Gasteiger partial charge in [0.2, 0.25) is 5.91 Å². The molecule has 1 amide bonds. The van der Waals surface area contributed by atoms with Gasteiger partial charge in [-0.05, 0) is 32.1 Å². The Morgan fingerprint density at radius 3 is 1.14 bits per heavy atom. The summed E-state index contributed by atoms with van der Waals surface area (Å²) < 4.78 is 31.2. The fraction of sp³-hybridized carbons (Fsp3) is 0.906. The fourth-order valence-electron chi connectivity index (χ4n) is 3.70. The average Bonchev–Trinajstić information content (AvgIpc) is 2.98. The first-order chi connectivity index (χ1) is 20.7. The number of carbonyl (C=O) groups is 1. The van der Waals surface area contributed by atoms with Crippen LogP contribution in [0, 0.1) is 0 Å². The van der Waals surface area contributed by atoms with E-state index in [0.717, 1.165) is 12.8 Å². The van der Waals surface area contributed by atoms with E-state index in [9.17, 15) is 4.79 Å². The van der Waals surface area contributed by atoms with Crippen LogP contribution in [0.25, 0.3) is 0 Å². The normalized spacial score (nSPS) is 11.2. The number of primary amides is 1. The van der Waals surface area contributed by atoms with Crippen molar-refractivity contribution in [1.29, 1.82) is 0 Å². The molecule has 0 rings (SSSR count). The summed E-state index contributed by atoms with van der Waals surface area (Å²) in [5.41, 5.74) is 5.10. The van der Waals surface area contributed by atoms with Crippen LogP contribution in [0.4, 0.5) is 0 Å². The van der Waals surface area contributed by atoms with Gasteiger partial charge >= 0.3 is 0 Å². The summed E-state index contributed by atoms with van der Waals surface area (Å²) in [6.07, 6.45) is 21.9. The zero-order chi connectivity index (χ0) is 31.0. The minimum Gasteiger partial charge on any atom is -0.394 e. The van der Waals surface area contributed by atoms with E-state index in [1.165, 1.54) is 70.6 Å². The highest BCUT2D eigenvalue weighted by atomic mass is 16.6. The van der Waals surface area contributed by atoms with Gasteiger partial charge in [-0.1, -0.05) is 70.4 Å². The molecule has 0 saturated carbocycles. The van der Waals surface area contributed by atoms with E-state index >= 15 is 0 Å². The average molecular weight is 608 g/mol. The first-order valence-electron chi connectivity index (χ1n) is 16.3. The minimum atomic E-state index is -0.164. The van der Waals surface area contributed by atoms with Gasteiger partial charge in [0, 0.05) is 6.42 Å². The first-order valence-corrected chi connectivity index (χ1v) is 16.3. The molecule has 0 aliphatic carbocycles. The lowest BCUT2D eigenvalue weighted by molar-refractivity contribution is -0.118. The molecule has 10 nitrogen and oxygen atoms in total. The lowest BCUT2D eigenvalue weighted by atomic mass is 10.1. The standard InChI is InChI=1S/C18H35NO.C14H30O8/c1-2-3-4-5-6-7-8-9-10-11-12-13-14-15-16-17-18(19)20;15-1-3-17-5-7-19-9-11-21-13-14-22-12-10-20-8-6-18-4-2-16/h9-10H,2-8,11-17H2,1H3,(H2,19,20);15-16H,1-14H2/b10-9-;. The molecular weight excluding hydrogens is 542 g/mol. The van der Waals surface area contributed by atoms with Crippen LogP contribution >= 0.6 is 0 Å². The monoisotopic (exact) mass is 607 g/mol. The number of aliphatic hydroxyl groups excluding tert-OH is 2. The van der Waals surface area contributed by atoms with Gasteiger partial charge in [-0.25, -0.2) is 0 Å². The third-order valence-corrected chi connectivity index (χ3v) is 6.02. The molecule has 0 saturated heterocycles. The smallest absolute Gasteiger partial charge is 0.217 e. The summed E-state index contributed by atoms with van der Waals surface area (Å²) in [6.45, 7) is 8.07. The Hall–Kier alpha value is -1.11. The van der Waals surface area contributed by atoms with Gasteiger partial charge in [0.1, 0.15) is 0 Å². The second-order valence-corrected chi connectivity index (χ2v) is 9.92. The molecule has 0 aromatic carbocycles. The van der Waals surface area contributed by atoms with Crippen molar-refractivity contribution in [2.45, 2.75) is 96.8 Å². The SMILES string of the molecule is CCCCCCCC/C=C\CCCCCCCC(N)=O.OCCOCCOCCOCCOCCOCCOCCO. The van der Waals surface area contributed by atoms with E-state index in [-0.39, 0.29) is 19.1 Å². The molecule has 0 unspecified atom stereocenters. The molecule has 0 aromatic heterocycles. The number of unbranched alkanes of at least 4 members (excludes halogenated alkanes) is 11. The fourth-order valence-corrected chi connectivity index (χ4v) is 3.70. The maximum Gasteiger partial charge on any atom is 0.217 e. The van der Waals surface area contributed by atoms with Crippen LogP contribution < -0.4 is 5.73 Å². The topological polar surface area (TPSA) is 139 Å². The molecule has 0 heterocycles. The molecule has 0 fully saturated rings. The Morgan fingerprint density at radius 2 is 0.810 bits per heavy atom. The van der Waals surface area contributed by atoms with E-state index in [1.807, 2.05) is 0 Å². The summed E-state index contributed by atoms with van der Waals surface area (Å²) >= 11 is 0. The summed E-state index contributed by atoms with van der Waals surface area (Å²) in [6, 6.07) is 0. The van der Waals surface area contributed by atoms with Crippen LogP contribution in [0.1, 0.15) is 96.8 Å². The van der Waals surface area contributed by atoms with Gasteiger partial charge in [-0.15, -0.1) is 0 Å². The molecule has 0 radical (unpaired) electrons. The van der Waals surface area contributed by atoms with Crippen molar-refractivity contribution in [2.24, 2.45) is 5.73 Å². The summed E-state index contributed by atoms with van der Waals surface area (Å²) in [4.78, 5) is 10.5. The molecule has 0 atom stereocenters. The summed E-state index contributed by atoms with van der Waals surface area (Å²) in [5, 5.41) is 17.0. The van der Waals surface area contributed by atoms with Gasteiger partial charge in [0.25, 0.3) is 0 Å². The number of amides is 1. The number of hydrogen-bond acceptors (Lipinski definition) is 9. The van der Waals surface area contributed by atoms with Crippen molar-refractivity contribution in [3.05, 3.63) is 12.2 Å². The molecule has 0 aliphatic rings. The lowest BCUT2D eigenvalue weighted by Crippen LogP contribution is -2.14. The molecule has 4 N–H and O–H groups in total. The third-order valence-electron chi connectivity index (χ3n) is 6.02. The van der Waals surface area contributed by atoms with Gasteiger partial charge in [-0.3, -0.25) is 4.79 Å². The Kier molecular flexibility index (Phi) is 43.0. The Labute approximate surface area is 256 Å². The number of hydrogen-bond donors (Lipinski definition) is 3. The van der Waals surface area contributed by atoms with E-state index < -0.39 is 0 Å². The van der Waals surface area contributed by atoms with Crippen molar-refractivity contribution >= 4 is 5.91 Å². The van der Waals surface area contributed by atoms with Crippen molar-refractivity contribution < 1.29 is 43.4 Å². The molecule has 252 valence electrons. The van der Waals surface area contributed by atoms with E-state index in [2.05, 4.69) is 19.1 Å². The van der Waals surface area contributed by atoms with E-state index in [1.54, 1.807) is 0 Å². The highest BCUT2D eigenvalue weighted by Gasteiger charge is 1.95. The second kappa shape index (κ2) is 42.0. The van der Waals surface area contributed by atoms with Gasteiger partial charge in [-0.2, -0.15) is 0 Å². The molecule has 0 aromatic rings. The van der Waals surface area contributed by atoms with Crippen LogP contribution in [0.3, 0.4) is 0 Å². The molecule has 0 spiro atoms. The van der Waals surface area contributed by atoms with Gasteiger partial charge < -0.3 is 44.4 Å². The Balaban J connectivity index is 0. The number of ether oxygens (including phenoxy) is 6. The van der Waals surface area contributed by atoms with Gasteiger partial charge in [0.15, 0.2) is 0 Å². The number of aliphatic hydroxyl groups is 2. The maximum absolute atomic E-state index is 10.5. The van der Waals surface area contributed by atoms with Crippen LogP contribution in [-0.2, 0) is 33.2 Å². The minimum absolute atomic E-state index is 0.0334. The number of nitrogens with two attached hydrogens (primary N) is 1. The van der Waals surface area contributed by atoms with Crippen molar-refractivity contribution in [3.8, 4) is 0 Å². The molecule has 42 heavy (non-hydrogen) atoms. The van der Waals surface area contributed by atoms with Crippen LogP contribution in [0.5, 0.6) is 0 Å². The van der Waals surface area contributed by atoms with Crippen LogP contribution in [0.15, 0.2) is 12.2 Å². The number of allylic oxidation sites excluding steroid dienone is 2. The summed E-state index contributed by atoms with van der Waals surface area (Å²) in [7, 11) is 0. The predicted molar refractivity (Wildman–Crippen MR) is 168 cm³/mol. The zero-order valence-electron chi connectivity index (χ0n) is 26.8. The molecule has 0 bridgehead atoms. The van der Waals surface area contributed by atoms with E-state index in [0.29, 0.717) is 85.7 Å². The largest absolute Gasteiger partial charge is 0.394 e. The quantitative estimate of drug-likeness (QED) is 0.0709. The molecular formula is C32H65NO9. The predicted octanol–water partition coefficient (Wildman–Crippen LogP) is 4.58. The maximum atomic E-state index is 10.5. The third kappa shape index (κ3) is 45.9. The van der Waals surface area contributed by atoms with Crippen LogP contribution in [-0.4, -0.2) is 109 Å². The van der Waals surface area contributed by atoms with Crippen molar-refractivity contribution in [2.75, 3.05) is 92.5 Å². The number of rotatable bonds is 34. The van der Waals surface area contributed by atoms with Crippen LogP contribution in [0.2, 0.25) is 0 Å². The summed E-state index contributed by atoms with van der Waals surface area (Å²) in [5.74, 6) is -0.164. The molecule has 10 heteroatoms. The second-order valence-electron chi connectivity index (χ2n) is 9.92. The first kappa shape index (κ1) is 43.0.